The van der Waals surface area contributed by atoms with Crippen molar-refractivity contribution in [2.45, 2.75) is 13.0 Å². The van der Waals surface area contributed by atoms with Crippen LogP contribution in [0.3, 0.4) is 0 Å². The maximum atomic E-state index is 12.2. The van der Waals surface area contributed by atoms with Crippen molar-refractivity contribution in [3.05, 3.63) is 54.0 Å². The zero-order chi connectivity index (χ0) is 15.5. The van der Waals surface area contributed by atoms with Gasteiger partial charge >= 0.3 is 5.97 Å². The van der Waals surface area contributed by atoms with Crippen LogP contribution in [0.15, 0.2) is 47.0 Å². The predicted octanol–water partition coefficient (Wildman–Crippen LogP) is 3.15. The molecule has 3 rings (SSSR count). The lowest BCUT2D eigenvalue weighted by atomic mass is 10.2. The Kier molecular flexibility index (Phi) is 3.74. The van der Waals surface area contributed by atoms with Crippen molar-refractivity contribution in [2.24, 2.45) is 0 Å². The van der Waals surface area contributed by atoms with Crippen LogP contribution in [-0.4, -0.2) is 23.0 Å². The van der Waals surface area contributed by atoms with Crippen LogP contribution in [-0.2, 0) is 4.74 Å². The van der Waals surface area contributed by atoms with E-state index in [-0.39, 0.29) is 11.4 Å². The van der Waals surface area contributed by atoms with E-state index < -0.39 is 12.1 Å². The van der Waals surface area contributed by atoms with E-state index in [1.165, 1.54) is 7.11 Å². The lowest BCUT2D eigenvalue weighted by Crippen LogP contribution is -2.11. The van der Waals surface area contributed by atoms with Crippen molar-refractivity contribution < 1.29 is 18.7 Å². The second kappa shape index (κ2) is 5.85. The molecule has 0 spiro atoms. The third-order valence-corrected chi connectivity index (χ3v) is 3.13. The molecule has 2 heterocycles. The van der Waals surface area contributed by atoms with Gasteiger partial charge in [0.15, 0.2) is 11.7 Å². The van der Waals surface area contributed by atoms with Gasteiger partial charge in [0.1, 0.15) is 11.1 Å². The van der Waals surface area contributed by atoms with Crippen molar-refractivity contribution in [2.75, 3.05) is 7.11 Å². The first kappa shape index (κ1) is 14.1. The number of oxazole rings is 1. The first-order chi connectivity index (χ1) is 10.7. The summed E-state index contributed by atoms with van der Waals surface area (Å²) in [6.45, 7) is 1.70. The van der Waals surface area contributed by atoms with E-state index in [1.54, 1.807) is 25.3 Å². The minimum atomic E-state index is -0.621. The molecule has 0 aliphatic heterocycles. The Morgan fingerprint density at radius 3 is 2.82 bits per heavy atom. The number of ether oxygens (including phenoxy) is 2. The summed E-state index contributed by atoms with van der Waals surface area (Å²) in [6, 6.07) is 10.6. The van der Waals surface area contributed by atoms with Crippen LogP contribution in [0.5, 0.6) is 5.88 Å². The van der Waals surface area contributed by atoms with Crippen molar-refractivity contribution in [1.82, 2.24) is 9.97 Å². The van der Waals surface area contributed by atoms with Gasteiger partial charge in [0.05, 0.1) is 7.11 Å². The molecular formula is C16H14N2O4. The number of methoxy groups -OCH3 is 1. The quantitative estimate of drug-likeness (QED) is 0.689. The van der Waals surface area contributed by atoms with Gasteiger partial charge in [-0.2, -0.15) is 0 Å². The Morgan fingerprint density at radius 2 is 2.05 bits per heavy atom. The smallest absolute Gasteiger partial charge is 0.344 e. The molecule has 0 saturated heterocycles. The van der Waals surface area contributed by atoms with Gasteiger partial charge in [-0.25, -0.2) is 14.8 Å². The number of para-hydroxylation sites is 2. The lowest BCUT2D eigenvalue weighted by molar-refractivity contribution is 0.0278. The van der Waals surface area contributed by atoms with Crippen LogP contribution in [0.25, 0.3) is 11.1 Å². The fourth-order valence-electron chi connectivity index (χ4n) is 2.05. The summed E-state index contributed by atoms with van der Waals surface area (Å²) >= 11 is 0. The molecule has 1 aromatic carbocycles. The maximum Gasteiger partial charge on any atom is 0.344 e. The maximum absolute atomic E-state index is 12.2. The van der Waals surface area contributed by atoms with Gasteiger partial charge in [0, 0.05) is 6.20 Å². The molecule has 6 nitrogen and oxygen atoms in total. The summed E-state index contributed by atoms with van der Waals surface area (Å²) in [4.78, 5) is 20.5. The fourth-order valence-corrected chi connectivity index (χ4v) is 2.05. The average Bonchev–Trinajstić information content (AvgIpc) is 2.99. The van der Waals surface area contributed by atoms with Gasteiger partial charge in [0.25, 0.3) is 0 Å². The van der Waals surface area contributed by atoms with Crippen LogP contribution in [0.1, 0.15) is 29.3 Å². The van der Waals surface area contributed by atoms with E-state index in [2.05, 4.69) is 9.97 Å². The molecule has 22 heavy (non-hydrogen) atoms. The summed E-state index contributed by atoms with van der Waals surface area (Å²) < 4.78 is 16.0. The van der Waals surface area contributed by atoms with E-state index in [0.717, 1.165) is 5.52 Å². The minimum absolute atomic E-state index is 0.220. The molecule has 0 bridgehead atoms. The number of hydrogen-bond donors (Lipinski definition) is 0. The third-order valence-electron chi connectivity index (χ3n) is 3.13. The van der Waals surface area contributed by atoms with Gasteiger partial charge in [-0.1, -0.05) is 12.1 Å². The van der Waals surface area contributed by atoms with Crippen LogP contribution in [0.4, 0.5) is 0 Å². The molecule has 6 heteroatoms. The van der Waals surface area contributed by atoms with Crippen LogP contribution in [0.2, 0.25) is 0 Å². The number of carbonyl (C=O) groups excluding carboxylic acids is 1. The molecule has 0 fully saturated rings. The highest BCUT2D eigenvalue weighted by Crippen LogP contribution is 2.24. The summed E-state index contributed by atoms with van der Waals surface area (Å²) in [5.41, 5.74) is 1.63. The number of esters is 1. The molecule has 0 saturated carbocycles. The van der Waals surface area contributed by atoms with Gasteiger partial charge < -0.3 is 13.9 Å². The molecule has 1 unspecified atom stereocenters. The first-order valence-electron chi connectivity index (χ1n) is 6.74. The number of fused-ring (bicyclic) bond motifs is 1. The zero-order valence-electron chi connectivity index (χ0n) is 12.1. The molecule has 112 valence electrons. The fraction of sp³-hybridized carbons (Fsp3) is 0.188. The van der Waals surface area contributed by atoms with Gasteiger partial charge in [-0.3, -0.25) is 0 Å². The van der Waals surface area contributed by atoms with Crippen molar-refractivity contribution in [3.63, 3.8) is 0 Å². The van der Waals surface area contributed by atoms with Crippen molar-refractivity contribution in [1.29, 1.82) is 0 Å². The molecule has 0 N–H and O–H groups in total. The van der Waals surface area contributed by atoms with Crippen molar-refractivity contribution in [3.8, 4) is 5.88 Å². The summed E-state index contributed by atoms with van der Waals surface area (Å²) in [6.07, 6.45) is 0.921. The largest absolute Gasteiger partial charge is 0.480 e. The molecule has 1 atom stereocenters. The predicted molar refractivity (Wildman–Crippen MR) is 78.6 cm³/mol. The van der Waals surface area contributed by atoms with Crippen LogP contribution < -0.4 is 4.74 Å². The molecule has 0 radical (unpaired) electrons. The lowest BCUT2D eigenvalue weighted by Gasteiger charge is -2.11. The summed E-state index contributed by atoms with van der Waals surface area (Å²) in [5.74, 6) is 0.0226. The van der Waals surface area contributed by atoms with Gasteiger partial charge in [0.2, 0.25) is 11.8 Å². The average molecular weight is 298 g/mol. The van der Waals surface area contributed by atoms with E-state index in [4.69, 9.17) is 13.9 Å². The second-order valence-electron chi connectivity index (χ2n) is 4.63. The van der Waals surface area contributed by atoms with E-state index in [0.29, 0.717) is 11.5 Å². The molecular weight excluding hydrogens is 284 g/mol. The highest BCUT2D eigenvalue weighted by atomic mass is 16.6. The Bertz CT molecular complexity index is 780. The number of benzene rings is 1. The van der Waals surface area contributed by atoms with Crippen LogP contribution >= 0.6 is 0 Å². The molecule has 0 aliphatic carbocycles. The number of nitrogens with zero attached hydrogens (tertiary/aromatic N) is 2. The SMILES string of the molecule is COc1ncccc1C(=O)OC(C)c1nc2ccccc2o1. The van der Waals surface area contributed by atoms with Crippen LogP contribution in [0, 0.1) is 0 Å². The number of rotatable bonds is 4. The van der Waals surface area contributed by atoms with E-state index in [1.807, 2.05) is 24.3 Å². The second-order valence-corrected chi connectivity index (χ2v) is 4.63. The van der Waals surface area contributed by atoms with E-state index >= 15 is 0 Å². The molecule has 0 amide bonds. The topological polar surface area (TPSA) is 74.5 Å². The normalized spacial score (nSPS) is 12.1. The highest BCUT2D eigenvalue weighted by molar-refractivity contribution is 5.91. The van der Waals surface area contributed by atoms with Gasteiger partial charge in [-0.15, -0.1) is 0 Å². The number of hydrogen-bond acceptors (Lipinski definition) is 6. The third kappa shape index (κ3) is 2.63. The summed E-state index contributed by atoms with van der Waals surface area (Å²) in [7, 11) is 1.45. The Morgan fingerprint density at radius 1 is 1.23 bits per heavy atom. The first-order valence-corrected chi connectivity index (χ1v) is 6.74. The Balaban J connectivity index is 1.81. The van der Waals surface area contributed by atoms with Crippen molar-refractivity contribution >= 4 is 17.1 Å². The van der Waals surface area contributed by atoms with Gasteiger partial charge in [-0.05, 0) is 31.2 Å². The number of carbonyl (C=O) groups is 1. The number of pyridine rings is 1. The standard InChI is InChI=1S/C16H14N2O4/c1-10(14-18-12-7-3-4-8-13(12)22-14)21-16(19)11-6-5-9-17-15(11)20-2/h3-10H,1-2H3. The molecule has 2 aromatic heterocycles. The number of aromatic nitrogens is 2. The molecule has 3 aromatic rings. The Labute approximate surface area is 126 Å². The zero-order valence-corrected chi connectivity index (χ0v) is 12.1. The Hall–Kier alpha value is -2.89. The van der Waals surface area contributed by atoms with E-state index in [9.17, 15) is 4.79 Å². The summed E-state index contributed by atoms with van der Waals surface area (Å²) in [5, 5.41) is 0. The highest BCUT2D eigenvalue weighted by Gasteiger charge is 2.21. The minimum Gasteiger partial charge on any atom is -0.480 e. The monoisotopic (exact) mass is 298 g/mol. The molecule has 0 aliphatic rings.